The van der Waals surface area contributed by atoms with Crippen LogP contribution in [0.5, 0.6) is 5.75 Å². The molecule has 21 heavy (non-hydrogen) atoms. The van der Waals surface area contributed by atoms with E-state index in [4.69, 9.17) is 4.74 Å². The minimum absolute atomic E-state index is 0.372. The van der Waals surface area contributed by atoms with E-state index in [9.17, 15) is 18.0 Å². The molecule has 1 aromatic rings. The quantitative estimate of drug-likeness (QED) is 0.671. The monoisotopic (exact) mass is 302 g/mol. The second kappa shape index (κ2) is 7.48. The molecule has 0 saturated heterocycles. The second-order valence-electron chi connectivity index (χ2n) is 5.74. The van der Waals surface area contributed by atoms with Crippen molar-refractivity contribution in [1.82, 2.24) is 0 Å². The van der Waals surface area contributed by atoms with Crippen molar-refractivity contribution < 1.29 is 22.7 Å². The first-order valence-corrected chi connectivity index (χ1v) is 7.04. The highest BCUT2D eigenvalue weighted by Gasteiger charge is 2.39. The number of hydrogen-bond donors (Lipinski definition) is 0. The smallest absolute Gasteiger partial charge is 0.454 e. The fourth-order valence-corrected chi connectivity index (χ4v) is 1.81. The highest BCUT2D eigenvalue weighted by molar-refractivity contribution is 6.00. The Morgan fingerprint density at radius 2 is 1.67 bits per heavy atom. The average Bonchev–Trinajstić information content (AvgIpc) is 2.41. The predicted molar refractivity (Wildman–Crippen MR) is 75.6 cm³/mol. The predicted octanol–water partition coefficient (Wildman–Crippen LogP) is 4.88. The van der Waals surface area contributed by atoms with Crippen molar-refractivity contribution in [3.8, 4) is 5.75 Å². The maximum Gasteiger partial charge on any atom is 0.454 e. The molecule has 0 N–H and O–H groups in total. The van der Waals surface area contributed by atoms with Gasteiger partial charge in [0, 0.05) is 5.56 Å². The summed E-state index contributed by atoms with van der Waals surface area (Å²) in [6.45, 7) is 6.90. The molecule has 0 saturated carbocycles. The van der Waals surface area contributed by atoms with Crippen LogP contribution in [0.25, 0.3) is 0 Å². The topological polar surface area (TPSA) is 26.3 Å². The van der Waals surface area contributed by atoms with Gasteiger partial charge in [0.2, 0.25) is 0 Å². The van der Waals surface area contributed by atoms with Crippen LogP contribution in [-0.4, -0.2) is 18.6 Å². The standard InChI is InChI=1S/C16H21F3O2/c1-11(2)4-5-12(3)10-21-14-8-6-13(7-9-14)15(20)16(17,18)19/h6-9,11-12H,4-5,10H2,1-3H3. The molecule has 1 unspecified atom stereocenters. The first-order valence-electron chi connectivity index (χ1n) is 7.04. The number of hydrogen-bond acceptors (Lipinski definition) is 2. The number of halogens is 3. The van der Waals surface area contributed by atoms with E-state index in [0.717, 1.165) is 25.0 Å². The minimum atomic E-state index is -4.84. The first kappa shape index (κ1) is 17.5. The zero-order chi connectivity index (χ0) is 16.0. The van der Waals surface area contributed by atoms with Crippen LogP contribution in [0.15, 0.2) is 24.3 Å². The van der Waals surface area contributed by atoms with Crippen molar-refractivity contribution >= 4 is 5.78 Å². The molecule has 0 radical (unpaired) electrons. The normalized spacial score (nSPS) is 13.3. The van der Waals surface area contributed by atoms with Crippen molar-refractivity contribution in [3.63, 3.8) is 0 Å². The van der Waals surface area contributed by atoms with Crippen LogP contribution in [0, 0.1) is 11.8 Å². The summed E-state index contributed by atoms with van der Waals surface area (Å²) in [5, 5.41) is 0. The van der Waals surface area contributed by atoms with E-state index in [-0.39, 0.29) is 5.56 Å². The van der Waals surface area contributed by atoms with Crippen molar-refractivity contribution in [1.29, 1.82) is 0 Å². The van der Waals surface area contributed by atoms with Gasteiger partial charge in [-0.15, -0.1) is 0 Å². The lowest BCUT2D eigenvalue weighted by atomic mass is 10.0. The third-order valence-electron chi connectivity index (χ3n) is 3.15. The van der Waals surface area contributed by atoms with E-state index in [1.54, 1.807) is 0 Å². The maximum atomic E-state index is 12.3. The fraction of sp³-hybridized carbons (Fsp3) is 0.562. The summed E-state index contributed by atoms with van der Waals surface area (Å²) in [5.41, 5.74) is -0.372. The Morgan fingerprint density at radius 3 is 2.14 bits per heavy atom. The van der Waals surface area contributed by atoms with Crippen LogP contribution >= 0.6 is 0 Å². The largest absolute Gasteiger partial charge is 0.493 e. The average molecular weight is 302 g/mol. The van der Waals surface area contributed by atoms with Crippen LogP contribution < -0.4 is 4.74 Å². The van der Waals surface area contributed by atoms with Crippen LogP contribution in [0.4, 0.5) is 13.2 Å². The number of carbonyl (C=O) groups is 1. The molecule has 118 valence electrons. The Balaban J connectivity index is 2.50. The molecular weight excluding hydrogens is 281 g/mol. The highest BCUT2D eigenvalue weighted by atomic mass is 19.4. The summed E-state index contributed by atoms with van der Waals surface area (Å²) in [5.74, 6) is -0.339. The van der Waals surface area contributed by atoms with Gasteiger partial charge in [-0.1, -0.05) is 27.2 Å². The third-order valence-corrected chi connectivity index (χ3v) is 3.15. The summed E-state index contributed by atoms with van der Waals surface area (Å²) >= 11 is 0. The number of ether oxygens (including phenoxy) is 1. The zero-order valence-electron chi connectivity index (χ0n) is 12.5. The summed E-state index contributed by atoms with van der Waals surface area (Å²) < 4.78 is 42.3. The Labute approximate surface area is 123 Å². The van der Waals surface area contributed by atoms with E-state index in [0.29, 0.717) is 24.2 Å². The summed E-state index contributed by atoms with van der Waals surface area (Å²) in [7, 11) is 0. The second-order valence-corrected chi connectivity index (χ2v) is 5.74. The molecule has 0 amide bonds. The Bertz CT molecular complexity index is 450. The van der Waals surface area contributed by atoms with Crippen LogP contribution in [-0.2, 0) is 0 Å². The van der Waals surface area contributed by atoms with Gasteiger partial charge in [0.05, 0.1) is 6.61 Å². The molecule has 1 aromatic carbocycles. The number of ketones is 1. The van der Waals surface area contributed by atoms with E-state index in [2.05, 4.69) is 20.8 Å². The van der Waals surface area contributed by atoms with Crippen molar-refractivity contribution in [2.45, 2.75) is 39.8 Å². The number of carbonyl (C=O) groups excluding carboxylic acids is 1. The third kappa shape index (κ3) is 6.19. The Hall–Kier alpha value is -1.52. The molecule has 0 aliphatic heterocycles. The van der Waals surface area contributed by atoms with E-state index >= 15 is 0 Å². The summed E-state index contributed by atoms with van der Waals surface area (Å²) in [6.07, 6.45) is -2.68. The van der Waals surface area contributed by atoms with Gasteiger partial charge >= 0.3 is 6.18 Å². The fourth-order valence-electron chi connectivity index (χ4n) is 1.81. The van der Waals surface area contributed by atoms with Gasteiger partial charge in [-0.2, -0.15) is 13.2 Å². The molecule has 0 fully saturated rings. The van der Waals surface area contributed by atoms with Gasteiger partial charge in [-0.3, -0.25) is 4.79 Å². The number of Topliss-reactive ketones (excluding diaryl/α,β-unsaturated/α-hetero) is 1. The Morgan fingerprint density at radius 1 is 1.10 bits per heavy atom. The van der Waals surface area contributed by atoms with Gasteiger partial charge in [-0.05, 0) is 42.5 Å². The van der Waals surface area contributed by atoms with Gasteiger partial charge in [0.25, 0.3) is 5.78 Å². The SMILES string of the molecule is CC(C)CCC(C)COc1ccc(C(=O)C(F)(F)F)cc1. The van der Waals surface area contributed by atoms with E-state index < -0.39 is 12.0 Å². The molecule has 1 rings (SSSR count). The van der Waals surface area contributed by atoms with Crippen LogP contribution in [0.2, 0.25) is 0 Å². The van der Waals surface area contributed by atoms with E-state index in [1.807, 2.05) is 0 Å². The lowest BCUT2D eigenvalue weighted by molar-refractivity contribution is -0.0885. The molecule has 0 aliphatic carbocycles. The van der Waals surface area contributed by atoms with Gasteiger partial charge in [-0.25, -0.2) is 0 Å². The summed E-state index contributed by atoms with van der Waals surface area (Å²) in [4.78, 5) is 11.0. The van der Waals surface area contributed by atoms with E-state index in [1.165, 1.54) is 12.1 Å². The number of alkyl halides is 3. The molecule has 0 aromatic heterocycles. The van der Waals surface area contributed by atoms with Crippen molar-refractivity contribution in [2.75, 3.05) is 6.61 Å². The molecule has 0 bridgehead atoms. The molecule has 2 nitrogen and oxygen atoms in total. The summed E-state index contributed by atoms with van der Waals surface area (Å²) in [6, 6.07) is 5.08. The van der Waals surface area contributed by atoms with Crippen LogP contribution in [0.1, 0.15) is 44.0 Å². The number of rotatable bonds is 7. The highest BCUT2D eigenvalue weighted by Crippen LogP contribution is 2.23. The zero-order valence-corrected chi connectivity index (χ0v) is 12.5. The lowest BCUT2D eigenvalue weighted by Gasteiger charge is -2.14. The molecule has 5 heteroatoms. The molecular formula is C16H21F3O2. The van der Waals surface area contributed by atoms with Crippen LogP contribution in [0.3, 0.4) is 0 Å². The lowest BCUT2D eigenvalue weighted by Crippen LogP contribution is -2.22. The molecule has 0 spiro atoms. The van der Waals surface area contributed by atoms with Gasteiger partial charge in [0.15, 0.2) is 0 Å². The van der Waals surface area contributed by atoms with Gasteiger partial charge < -0.3 is 4.74 Å². The van der Waals surface area contributed by atoms with Gasteiger partial charge in [0.1, 0.15) is 5.75 Å². The minimum Gasteiger partial charge on any atom is -0.493 e. The van der Waals surface area contributed by atoms with Crippen molar-refractivity contribution in [3.05, 3.63) is 29.8 Å². The Kier molecular flexibility index (Phi) is 6.24. The molecule has 0 heterocycles. The number of benzene rings is 1. The van der Waals surface area contributed by atoms with Crippen molar-refractivity contribution in [2.24, 2.45) is 11.8 Å². The maximum absolute atomic E-state index is 12.3. The molecule has 0 aliphatic rings. The molecule has 1 atom stereocenters. The first-order chi connectivity index (χ1) is 9.70.